The summed E-state index contributed by atoms with van der Waals surface area (Å²) in [6, 6.07) is 11.0. The smallest absolute Gasteiger partial charge is 0.148 e. The fourth-order valence-electron chi connectivity index (χ4n) is 1.68. The van der Waals surface area contributed by atoms with Crippen molar-refractivity contribution in [3.05, 3.63) is 40.2 Å². The predicted octanol–water partition coefficient (Wildman–Crippen LogP) is 4.05. The molecule has 2 nitrogen and oxygen atoms in total. The van der Waals surface area contributed by atoms with Crippen molar-refractivity contribution in [2.75, 3.05) is 0 Å². The fourth-order valence-corrected chi connectivity index (χ4v) is 2.84. The predicted molar refractivity (Wildman–Crippen MR) is 68.0 cm³/mol. The molecule has 0 saturated heterocycles. The molecule has 16 heavy (non-hydrogen) atoms. The summed E-state index contributed by atoms with van der Waals surface area (Å²) in [4.78, 5) is 8.88. The third-order valence-corrected chi connectivity index (χ3v) is 3.73. The van der Waals surface area contributed by atoms with Crippen LogP contribution >= 0.6 is 22.9 Å². The summed E-state index contributed by atoms with van der Waals surface area (Å²) >= 11 is 7.43. The van der Waals surface area contributed by atoms with Gasteiger partial charge in [-0.15, -0.1) is 11.3 Å². The lowest BCUT2D eigenvalue weighted by Gasteiger charge is -1.91. The highest BCUT2D eigenvalue weighted by molar-refractivity contribution is 7.19. The van der Waals surface area contributed by atoms with Crippen molar-refractivity contribution >= 4 is 34.0 Å². The molecule has 0 aliphatic rings. The van der Waals surface area contributed by atoms with Gasteiger partial charge in [-0.25, -0.2) is 4.98 Å². The number of thiophene rings is 1. The lowest BCUT2D eigenvalue weighted by atomic mass is 10.3. The number of imidazole rings is 1. The highest BCUT2D eigenvalue weighted by Crippen LogP contribution is 2.33. The number of rotatable bonds is 1. The van der Waals surface area contributed by atoms with Gasteiger partial charge in [0.2, 0.25) is 0 Å². The Morgan fingerprint density at radius 2 is 2.19 bits per heavy atom. The Bertz CT molecular complexity index is 621. The van der Waals surface area contributed by atoms with Crippen molar-refractivity contribution < 1.29 is 0 Å². The maximum atomic E-state index is 5.94. The molecule has 1 N–H and O–H groups in total. The number of fused-ring (bicyclic) bond motifs is 1. The van der Waals surface area contributed by atoms with E-state index in [0.717, 1.165) is 27.3 Å². The first-order chi connectivity index (χ1) is 7.74. The van der Waals surface area contributed by atoms with Crippen molar-refractivity contribution in [3.63, 3.8) is 0 Å². The van der Waals surface area contributed by atoms with E-state index in [1.165, 1.54) is 11.3 Å². The molecule has 0 aliphatic carbocycles. The molecule has 0 saturated carbocycles. The minimum absolute atomic E-state index is 0.674. The molecule has 0 atom stereocenters. The molecule has 0 fully saturated rings. The van der Waals surface area contributed by atoms with Crippen molar-refractivity contribution in [2.24, 2.45) is 0 Å². The second-order valence-electron chi connectivity index (χ2n) is 3.56. The summed E-state index contributed by atoms with van der Waals surface area (Å²) in [6.07, 6.45) is 0. The monoisotopic (exact) mass is 247 g/mol. The van der Waals surface area contributed by atoms with Crippen LogP contribution in [-0.4, -0.2) is 9.97 Å². The number of aromatic nitrogens is 2. The molecule has 0 bridgehead atoms. The van der Waals surface area contributed by atoms with E-state index in [1.807, 2.05) is 31.2 Å². The van der Waals surface area contributed by atoms with Gasteiger partial charge in [0.15, 0.2) is 0 Å². The SMILES string of the molecule is Cc1[c]c(Cl)sc1-c1nc2ccccc2[nH]1. The molecule has 0 unspecified atom stereocenters. The molecule has 0 aliphatic heterocycles. The Balaban J connectivity index is 2.22. The second kappa shape index (κ2) is 3.61. The first-order valence-corrected chi connectivity index (χ1v) is 6.07. The maximum absolute atomic E-state index is 5.94. The van der Waals surface area contributed by atoms with Gasteiger partial charge >= 0.3 is 0 Å². The van der Waals surface area contributed by atoms with Gasteiger partial charge in [0.05, 0.1) is 15.9 Å². The van der Waals surface area contributed by atoms with E-state index in [1.54, 1.807) is 0 Å². The molecule has 1 radical (unpaired) electrons. The van der Waals surface area contributed by atoms with E-state index in [0.29, 0.717) is 4.34 Å². The standard InChI is InChI=1S/C12H8ClN2S/c1-7-6-10(13)16-11(7)12-14-8-4-2-3-5-9(8)15-12/h2-5H,1H3,(H,14,15). The zero-order chi connectivity index (χ0) is 11.1. The van der Waals surface area contributed by atoms with Gasteiger partial charge < -0.3 is 4.98 Å². The quantitative estimate of drug-likeness (QED) is 0.690. The van der Waals surface area contributed by atoms with E-state index >= 15 is 0 Å². The van der Waals surface area contributed by atoms with E-state index in [9.17, 15) is 0 Å². The minimum atomic E-state index is 0.674. The van der Waals surface area contributed by atoms with E-state index < -0.39 is 0 Å². The highest BCUT2D eigenvalue weighted by atomic mass is 35.5. The van der Waals surface area contributed by atoms with Crippen LogP contribution in [0.5, 0.6) is 0 Å². The first-order valence-electron chi connectivity index (χ1n) is 4.87. The molecule has 79 valence electrons. The number of hydrogen-bond acceptors (Lipinski definition) is 2. The Kier molecular flexibility index (Phi) is 2.23. The lowest BCUT2D eigenvalue weighted by Crippen LogP contribution is -1.77. The van der Waals surface area contributed by atoms with Gasteiger partial charge in [-0.3, -0.25) is 0 Å². The number of hydrogen-bond donors (Lipinski definition) is 1. The van der Waals surface area contributed by atoms with E-state index in [2.05, 4.69) is 16.0 Å². The van der Waals surface area contributed by atoms with Gasteiger partial charge in [0, 0.05) is 6.07 Å². The summed E-state index contributed by atoms with van der Waals surface area (Å²) in [6.45, 7) is 1.99. The number of aromatic amines is 1. The van der Waals surface area contributed by atoms with Gasteiger partial charge in [0.25, 0.3) is 0 Å². The summed E-state index contributed by atoms with van der Waals surface area (Å²) < 4.78 is 0.674. The normalized spacial score (nSPS) is 11.1. The topological polar surface area (TPSA) is 28.7 Å². The Morgan fingerprint density at radius 3 is 2.88 bits per heavy atom. The number of nitrogens with zero attached hydrogens (tertiary/aromatic N) is 1. The molecule has 1 aromatic carbocycles. The van der Waals surface area contributed by atoms with Crippen molar-refractivity contribution in [1.82, 2.24) is 9.97 Å². The summed E-state index contributed by atoms with van der Waals surface area (Å²) in [5, 5.41) is 0. The van der Waals surface area contributed by atoms with Gasteiger partial charge in [-0.05, 0) is 24.6 Å². The Labute approximate surface area is 102 Å². The zero-order valence-electron chi connectivity index (χ0n) is 8.54. The van der Waals surface area contributed by atoms with Crippen LogP contribution in [0.25, 0.3) is 21.7 Å². The highest BCUT2D eigenvalue weighted by Gasteiger charge is 2.11. The molecule has 0 spiro atoms. The largest absolute Gasteiger partial charge is 0.337 e. The summed E-state index contributed by atoms with van der Waals surface area (Å²) in [5.41, 5.74) is 3.05. The van der Waals surface area contributed by atoms with Crippen LogP contribution in [0.1, 0.15) is 5.56 Å². The van der Waals surface area contributed by atoms with Crippen molar-refractivity contribution in [3.8, 4) is 10.7 Å². The third-order valence-electron chi connectivity index (χ3n) is 2.42. The molecule has 2 heterocycles. The second-order valence-corrected chi connectivity index (χ2v) is 5.18. The Morgan fingerprint density at radius 1 is 1.38 bits per heavy atom. The molecule has 2 aromatic heterocycles. The van der Waals surface area contributed by atoms with Crippen LogP contribution in [0.15, 0.2) is 24.3 Å². The molecular weight excluding hydrogens is 240 g/mol. The number of benzene rings is 1. The number of aryl methyl sites for hydroxylation is 1. The van der Waals surface area contributed by atoms with Crippen LogP contribution in [0.4, 0.5) is 0 Å². The van der Waals surface area contributed by atoms with Crippen LogP contribution < -0.4 is 0 Å². The van der Waals surface area contributed by atoms with Crippen molar-refractivity contribution in [1.29, 1.82) is 0 Å². The lowest BCUT2D eigenvalue weighted by molar-refractivity contribution is 1.34. The first kappa shape index (κ1) is 9.87. The van der Waals surface area contributed by atoms with Crippen LogP contribution in [0, 0.1) is 13.0 Å². The molecule has 3 rings (SSSR count). The summed E-state index contributed by atoms with van der Waals surface area (Å²) in [5.74, 6) is 0.867. The van der Waals surface area contributed by atoms with Crippen LogP contribution in [0.2, 0.25) is 4.34 Å². The average molecular weight is 248 g/mol. The third kappa shape index (κ3) is 1.52. The molecule has 3 aromatic rings. The van der Waals surface area contributed by atoms with E-state index in [4.69, 9.17) is 11.6 Å². The summed E-state index contributed by atoms with van der Waals surface area (Å²) in [7, 11) is 0. The molecule has 0 amide bonds. The molecule has 4 heteroatoms. The van der Waals surface area contributed by atoms with Crippen LogP contribution in [-0.2, 0) is 0 Å². The van der Waals surface area contributed by atoms with Crippen molar-refractivity contribution in [2.45, 2.75) is 6.92 Å². The number of halogens is 1. The van der Waals surface area contributed by atoms with Gasteiger partial charge in [-0.2, -0.15) is 0 Å². The van der Waals surface area contributed by atoms with E-state index in [-0.39, 0.29) is 0 Å². The fraction of sp³-hybridized carbons (Fsp3) is 0.0833. The number of para-hydroxylation sites is 2. The number of nitrogens with one attached hydrogen (secondary N) is 1. The average Bonchev–Trinajstić information content (AvgIpc) is 2.81. The zero-order valence-corrected chi connectivity index (χ0v) is 10.1. The van der Waals surface area contributed by atoms with Gasteiger partial charge in [-0.1, -0.05) is 23.7 Å². The van der Waals surface area contributed by atoms with Crippen LogP contribution in [0.3, 0.4) is 0 Å². The Hall–Kier alpha value is -1.32. The molecular formula is C12H8ClN2S. The number of H-pyrrole nitrogens is 1. The van der Waals surface area contributed by atoms with Gasteiger partial charge in [0.1, 0.15) is 10.2 Å². The maximum Gasteiger partial charge on any atom is 0.148 e. The minimum Gasteiger partial charge on any atom is -0.337 e.